The molecule has 3 rings (SSSR count). The van der Waals surface area contributed by atoms with E-state index in [4.69, 9.17) is 4.74 Å². The Bertz CT molecular complexity index is 991. The Hall–Kier alpha value is -3.42. The Morgan fingerprint density at radius 2 is 1.90 bits per heavy atom. The van der Waals surface area contributed by atoms with Crippen LogP contribution in [0.3, 0.4) is 0 Å². The van der Waals surface area contributed by atoms with E-state index < -0.39 is 6.61 Å². The first-order valence-corrected chi connectivity index (χ1v) is 9.50. The van der Waals surface area contributed by atoms with Gasteiger partial charge < -0.3 is 14.8 Å². The van der Waals surface area contributed by atoms with Gasteiger partial charge in [0.1, 0.15) is 0 Å². The molecule has 2 aromatic carbocycles. The van der Waals surface area contributed by atoms with Gasteiger partial charge in [0.2, 0.25) is 0 Å². The van der Waals surface area contributed by atoms with Crippen molar-refractivity contribution < 1.29 is 23.0 Å². The predicted octanol–water partition coefficient (Wildman–Crippen LogP) is 4.03. The first-order valence-electron chi connectivity index (χ1n) is 9.50. The number of methoxy groups -OCH3 is 1. The number of nitrogens with one attached hydrogen (secondary N) is 1. The molecule has 0 saturated carbocycles. The van der Waals surface area contributed by atoms with Crippen LogP contribution in [0.15, 0.2) is 54.7 Å². The van der Waals surface area contributed by atoms with E-state index >= 15 is 0 Å². The number of alkyl halides is 2. The van der Waals surface area contributed by atoms with E-state index in [1.807, 2.05) is 41.9 Å². The maximum atomic E-state index is 12.7. The molecule has 8 heteroatoms. The lowest BCUT2D eigenvalue weighted by Gasteiger charge is -2.12. The van der Waals surface area contributed by atoms with Crippen LogP contribution in [0.2, 0.25) is 0 Å². The van der Waals surface area contributed by atoms with E-state index in [1.54, 1.807) is 12.3 Å². The first kappa shape index (κ1) is 21.3. The molecule has 30 heavy (non-hydrogen) atoms. The number of hydrogen-bond acceptors (Lipinski definition) is 4. The molecule has 0 aliphatic carbocycles. The molecule has 0 fully saturated rings. The topological polar surface area (TPSA) is 65.4 Å². The highest BCUT2D eigenvalue weighted by Crippen LogP contribution is 2.29. The summed E-state index contributed by atoms with van der Waals surface area (Å²) >= 11 is 0. The summed E-state index contributed by atoms with van der Waals surface area (Å²) in [6, 6.07) is 14.5. The molecule has 0 aliphatic heterocycles. The van der Waals surface area contributed by atoms with Crippen molar-refractivity contribution in [2.75, 3.05) is 7.11 Å². The lowest BCUT2D eigenvalue weighted by atomic mass is 10.1. The van der Waals surface area contributed by atoms with E-state index in [9.17, 15) is 13.6 Å². The fourth-order valence-corrected chi connectivity index (χ4v) is 3.16. The van der Waals surface area contributed by atoms with Crippen molar-refractivity contribution in [1.82, 2.24) is 15.1 Å². The molecule has 0 spiro atoms. The third-order valence-corrected chi connectivity index (χ3v) is 4.60. The highest BCUT2D eigenvalue weighted by molar-refractivity contribution is 5.95. The van der Waals surface area contributed by atoms with Gasteiger partial charge in [-0.1, -0.05) is 43.3 Å². The lowest BCUT2D eigenvalue weighted by Crippen LogP contribution is -2.24. The van der Waals surface area contributed by atoms with Crippen LogP contribution in [0, 0.1) is 0 Å². The number of hydrogen-bond donors (Lipinski definition) is 1. The Labute approximate surface area is 173 Å². The van der Waals surface area contributed by atoms with Gasteiger partial charge in [-0.15, -0.1) is 0 Å². The first-order chi connectivity index (χ1) is 14.5. The molecule has 0 atom stereocenters. The van der Waals surface area contributed by atoms with E-state index in [1.165, 1.54) is 19.2 Å². The largest absolute Gasteiger partial charge is 0.493 e. The molecule has 1 heterocycles. The molecule has 3 aromatic rings. The molecule has 6 nitrogen and oxygen atoms in total. The molecule has 0 radical (unpaired) electrons. The average Bonchev–Trinajstić information content (AvgIpc) is 3.15. The quantitative estimate of drug-likeness (QED) is 0.573. The molecule has 1 amide bonds. The van der Waals surface area contributed by atoms with Crippen molar-refractivity contribution in [3.05, 3.63) is 77.1 Å². The van der Waals surface area contributed by atoms with Crippen molar-refractivity contribution in [3.8, 4) is 11.5 Å². The number of nitrogens with zero attached hydrogens (tertiary/aromatic N) is 2. The van der Waals surface area contributed by atoms with Crippen LogP contribution in [-0.4, -0.2) is 29.4 Å². The zero-order valence-corrected chi connectivity index (χ0v) is 16.8. The molecular formula is C22H23F2N3O3. The normalized spacial score (nSPS) is 10.8. The van der Waals surface area contributed by atoms with Crippen molar-refractivity contribution in [2.45, 2.75) is 33.0 Å². The van der Waals surface area contributed by atoms with Crippen LogP contribution in [0.1, 0.15) is 34.1 Å². The minimum atomic E-state index is -2.97. The van der Waals surface area contributed by atoms with Gasteiger partial charge in [0.15, 0.2) is 11.5 Å². The summed E-state index contributed by atoms with van der Waals surface area (Å²) in [7, 11) is 1.37. The van der Waals surface area contributed by atoms with Crippen LogP contribution in [0.5, 0.6) is 11.5 Å². The Balaban J connectivity index is 1.71. The third-order valence-electron chi connectivity index (χ3n) is 4.60. The second-order valence-corrected chi connectivity index (χ2v) is 6.55. The van der Waals surface area contributed by atoms with Gasteiger partial charge in [0.25, 0.3) is 5.91 Å². The predicted molar refractivity (Wildman–Crippen MR) is 108 cm³/mol. The Morgan fingerprint density at radius 1 is 1.13 bits per heavy atom. The summed E-state index contributed by atoms with van der Waals surface area (Å²) in [5, 5.41) is 7.17. The lowest BCUT2D eigenvalue weighted by molar-refractivity contribution is -0.0512. The van der Waals surface area contributed by atoms with Gasteiger partial charge in [0.05, 0.1) is 31.1 Å². The number of rotatable bonds is 9. The summed E-state index contributed by atoms with van der Waals surface area (Å²) in [6.07, 6.45) is 2.20. The number of ether oxygens (including phenoxy) is 2. The van der Waals surface area contributed by atoms with Gasteiger partial charge in [-0.05, 0) is 29.7 Å². The number of carbonyl (C=O) groups is 1. The molecule has 1 N–H and O–H groups in total. The maximum Gasteiger partial charge on any atom is 0.387 e. The molecule has 0 unspecified atom stereocenters. The summed E-state index contributed by atoms with van der Waals surface area (Å²) in [6.45, 7) is -0.280. The second-order valence-electron chi connectivity index (χ2n) is 6.55. The molecule has 0 aliphatic rings. The molecule has 1 aromatic heterocycles. The van der Waals surface area contributed by atoms with Crippen LogP contribution in [0.4, 0.5) is 8.78 Å². The van der Waals surface area contributed by atoms with Crippen LogP contribution >= 0.6 is 0 Å². The Kier molecular flexibility index (Phi) is 7.00. The van der Waals surface area contributed by atoms with E-state index in [0.717, 1.165) is 11.3 Å². The fraction of sp³-hybridized carbons (Fsp3) is 0.273. The number of aromatic nitrogens is 2. The van der Waals surface area contributed by atoms with E-state index in [0.29, 0.717) is 24.1 Å². The number of amides is 1. The van der Waals surface area contributed by atoms with Gasteiger partial charge >= 0.3 is 6.61 Å². The van der Waals surface area contributed by atoms with Gasteiger partial charge in [0, 0.05) is 6.54 Å². The molecular weight excluding hydrogens is 392 g/mol. The summed E-state index contributed by atoms with van der Waals surface area (Å²) in [4.78, 5) is 12.7. The van der Waals surface area contributed by atoms with Crippen molar-refractivity contribution in [1.29, 1.82) is 0 Å². The SMILES string of the molecule is CCc1c(C(=O)NCc2ccc(OC)c(OC(F)F)c2)cnn1Cc1ccccc1. The third kappa shape index (κ3) is 5.14. The van der Waals surface area contributed by atoms with Crippen LogP contribution in [0.25, 0.3) is 0 Å². The summed E-state index contributed by atoms with van der Waals surface area (Å²) in [5.74, 6) is -0.164. The Morgan fingerprint density at radius 3 is 2.57 bits per heavy atom. The minimum Gasteiger partial charge on any atom is -0.493 e. The second kappa shape index (κ2) is 9.87. The van der Waals surface area contributed by atoms with Crippen molar-refractivity contribution in [2.24, 2.45) is 0 Å². The number of carbonyl (C=O) groups excluding carboxylic acids is 1. The van der Waals surface area contributed by atoms with Crippen molar-refractivity contribution >= 4 is 5.91 Å². The smallest absolute Gasteiger partial charge is 0.387 e. The van der Waals surface area contributed by atoms with E-state index in [-0.39, 0.29) is 24.0 Å². The van der Waals surface area contributed by atoms with Gasteiger partial charge in [-0.2, -0.15) is 13.9 Å². The zero-order valence-electron chi connectivity index (χ0n) is 16.8. The average molecular weight is 415 g/mol. The van der Waals surface area contributed by atoms with Crippen molar-refractivity contribution in [3.63, 3.8) is 0 Å². The standard InChI is InChI=1S/C22H23F2N3O3/c1-3-18-17(13-26-27(18)14-15-7-5-4-6-8-15)21(28)25-12-16-9-10-19(29-2)20(11-16)30-22(23)24/h4-11,13,22H,3,12,14H2,1-2H3,(H,25,28). The zero-order chi connectivity index (χ0) is 21.5. The number of benzene rings is 2. The highest BCUT2D eigenvalue weighted by atomic mass is 19.3. The summed E-state index contributed by atoms with van der Waals surface area (Å²) in [5.41, 5.74) is 3.01. The van der Waals surface area contributed by atoms with Crippen LogP contribution < -0.4 is 14.8 Å². The van der Waals surface area contributed by atoms with Crippen LogP contribution in [-0.2, 0) is 19.5 Å². The highest BCUT2D eigenvalue weighted by Gasteiger charge is 2.17. The van der Waals surface area contributed by atoms with Gasteiger partial charge in [-0.25, -0.2) is 0 Å². The molecule has 0 saturated heterocycles. The van der Waals surface area contributed by atoms with E-state index in [2.05, 4.69) is 15.2 Å². The summed E-state index contributed by atoms with van der Waals surface area (Å²) < 4.78 is 36.5. The number of halogens is 2. The monoisotopic (exact) mass is 415 g/mol. The fourth-order valence-electron chi connectivity index (χ4n) is 3.16. The molecule has 0 bridgehead atoms. The maximum absolute atomic E-state index is 12.7. The van der Waals surface area contributed by atoms with Gasteiger partial charge in [-0.3, -0.25) is 9.48 Å². The minimum absolute atomic E-state index is 0.0795. The molecule has 158 valence electrons.